The number of rotatable bonds is 6. The molecule has 154 valence electrons. The van der Waals surface area contributed by atoms with Crippen LogP contribution in [0.5, 0.6) is 0 Å². The number of amides is 2. The number of esters is 1. The molecule has 1 saturated carbocycles. The summed E-state index contributed by atoms with van der Waals surface area (Å²) >= 11 is 1.40. The highest BCUT2D eigenvalue weighted by Crippen LogP contribution is 2.33. The van der Waals surface area contributed by atoms with Crippen molar-refractivity contribution in [1.82, 2.24) is 5.32 Å². The smallest absolute Gasteiger partial charge is 0.308 e. The molecule has 2 aromatic rings. The molecule has 0 bridgehead atoms. The first-order chi connectivity index (χ1) is 14.0. The minimum absolute atomic E-state index is 0.0905. The molecular weight excluding hydrogens is 388 g/mol. The zero-order chi connectivity index (χ0) is 20.8. The Kier molecular flexibility index (Phi) is 7.04. The summed E-state index contributed by atoms with van der Waals surface area (Å²) < 4.78 is 4.80. The maximum Gasteiger partial charge on any atom is 0.308 e. The van der Waals surface area contributed by atoms with E-state index in [0.717, 1.165) is 10.4 Å². The maximum atomic E-state index is 12.7. The molecule has 0 unspecified atom stereocenters. The van der Waals surface area contributed by atoms with Gasteiger partial charge in [0.2, 0.25) is 5.91 Å². The van der Waals surface area contributed by atoms with Crippen LogP contribution in [0.15, 0.2) is 36.4 Å². The van der Waals surface area contributed by atoms with Gasteiger partial charge < -0.3 is 15.4 Å². The molecule has 1 aliphatic carbocycles. The van der Waals surface area contributed by atoms with Gasteiger partial charge in [-0.2, -0.15) is 0 Å². The highest BCUT2D eigenvalue weighted by Gasteiger charge is 2.31. The van der Waals surface area contributed by atoms with Crippen LogP contribution in [0, 0.1) is 18.8 Å². The summed E-state index contributed by atoms with van der Waals surface area (Å²) in [5.41, 5.74) is 1.50. The van der Waals surface area contributed by atoms with Crippen molar-refractivity contribution in [3.05, 3.63) is 52.4 Å². The van der Waals surface area contributed by atoms with E-state index in [2.05, 4.69) is 10.6 Å². The summed E-state index contributed by atoms with van der Waals surface area (Å²) in [5.74, 6) is -0.767. The molecular formula is C22H26N2O4S. The quantitative estimate of drug-likeness (QED) is 0.702. The number of methoxy groups -OCH3 is 1. The Bertz CT molecular complexity index is 870. The number of nitrogens with one attached hydrogen (secondary N) is 2. The molecule has 0 radical (unpaired) electrons. The second-order valence-electron chi connectivity index (χ2n) is 7.33. The Morgan fingerprint density at radius 1 is 1.07 bits per heavy atom. The number of carbonyl (C=O) groups is 3. The molecule has 1 aromatic carbocycles. The van der Waals surface area contributed by atoms with E-state index in [0.29, 0.717) is 42.8 Å². The molecule has 2 N–H and O–H groups in total. The minimum Gasteiger partial charge on any atom is -0.469 e. The molecule has 1 heterocycles. The first-order valence-electron chi connectivity index (χ1n) is 9.79. The zero-order valence-corrected chi connectivity index (χ0v) is 17.5. The highest BCUT2D eigenvalue weighted by molar-refractivity contribution is 7.16. The van der Waals surface area contributed by atoms with Crippen molar-refractivity contribution < 1.29 is 19.1 Å². The topological polar surface area (TPSA) is 84.5 Å². The van der Waals surface area contributed by atoms with Gasteiger partial charge >= 0.3 is 5.97 Å². The van der Waals surface area contributed by atoms with Crippen molar-refractivity contribution >= 4 is 34.1 Å². The Morgan fingerprint density at radius 3 is 2.38 bits per heavy atom. The van der Waals surface area contributed by atoms with Crippen molar-refractivity contribution in [2.45, 2.75) is 39.2 Å². The molecule has 29 heavy (non-hydrogen) atoms. The number of ether oxygens (including phenoxy) is 1. The molecule has 1 aliphatic rings. The monoisotopic (exact) mass is 414 g/mol. The first kappa shape index (κ1) is 21.0. The largest absolute Gasteiger partial charge is 0.469 e. The Hall–Kier alpha value is -2.67. The summed E-state index contributed by atoms with van der Waals surface area (Å²) in [6.07, 6.45) is 2.59. The lowest BCUT2D eigenvalue weighted by Crippen LogP contribution is -2.30. The third-order valence-electron chi connectivity index (χ3n) is 5.27. The predicted octanol–water partition coefficient (Wildman–Crippen LogP) is 3.90. The summed E-state index contributed by atoms with van der Waals surface area (Å²) in [7, 11) is 1.39. The van der Waals surface area contributed by atoms with Crippen LogP contribution >= 0.6 is 11.3 Å². The van der Waals surface area contributed by atoms with E-state index in [9.17, 15) is 14.4 Å². The molecule has 3 rings (SSSR count). The van der Waals surface area contributed by atoms with Gasteiger partial charge in [-0.25, -0.2) is 0 Å². The van der Waals surface area contributed by atoms with Crippen LogP contribution in [0.2, 0.25) is 0 Å². The summed E-state index contributed by atoms with van der Waals surface area (Å²) in [4.78, 5) is 38.0. The molecule has 0 spiro atoms. The predicted molar refractivity (Wildman–Crippen MR) is 113 cm³/mol. The number of thiophene rings is 1. The average Bonchev–Trinajstić information content (AvgIpc) is 3.12. The highest BCUT2D eigenvalue weighted by atomic mass is 32.1. The Morgan fingerprint density at radius 2 is 1.72 bits per heavy atom. The van der Waals surface area contributed by atoms with Crippen LogP contribution in [-0.2, 0) is 20.9 Å². The lowest BCUT2D eigenvalue weighted by Gasteiger charge is -2.26. The number of aryl methyl sites for hydroxylation is 1. The van der Waals surface area contributed by atoms with Crippen molar-refractivity contribution in [3.63, 3.8) is 0 Å². The molecule has 2 amide bonds. The van der Waals surface area contributed by atoms with E-state index < -0.39 is 0 Å². The van der Waals surface area contributed by atoms with Crippen LogP contribution in [0.3, 0.4) is 0 Å². The molecule has 7 heteroatoms. The number of anilines is 1. The molecule has 1 aromatic heterocycles. The summed E-state index contributed by atoms with van der Waals surface area (Å²) in [6, 6.07) is 11.5. The SMILES string of the molecule is COC(=O)C1CCC(C(=O)Nc2sc(C)cc2C(=O)NCc2ccccc2)CC1. The molecule has 0 saturated heterocycles. The fourth-order valence-corrected chi connectivity index (χ4v) is 4.53. The van der Waals surface area contributed by atoms with Crippen LogP contribution < -0.4 is 10.6 Å². The molecule has 1 fully saturated rings. The Balaban J connectivity index is 1.59. The van der Waals surface area contributed by atoms with Gasteiger partial charge in [0.15, 0.2) is 0 Å². The number of benzene rings is 1. The first-order valence-corrected chi connectivity index (χ1v) is 10.6. The molecule has 6 nitrogen and oxygen atoms in total. The lowest BCUT2D eigenvalue weighted by atomic mass is 9.81. The molecule has 0 atom stereocenters. The summed E-state index contributed by atoms with van der Waals surface area (Å²) in [5, 5.41) is 6.43. The van der Waals surface area contributed by atoms with E-state index in [4.69, 9.17) is 4.74 Å². The van der Waals surface area contributed by atoms with E-state index in [1.165, 1.54) is 18.4 Å². The van der Waals surface area contributed by atoms with Gasteiger partial charge in [-0.3, -0.25) is 14.4 Å². The van der Waals surface area contributed by atoms with Gasteiger partial charge in [0.1, 0.15) is 5.00 Å². The van der Waals surface area contributed by atoms with E-state index in [1.807, 2.05) is 37.3 Å². The van der Waals surface area contributed by atoms with E-state index >= 15 is 0 Å². The van der Waals surface area contributed by atoms with Crippen LogP contribution in [-0.4, -0.2) is 24.9 Å². The minimum atomic E-state index is -0.206. The third-order valence-corrected chi connectivity index (χ3v) is 6.23. The van der Waals surface area contributed by atoms with Crippen LogP contribution in [0.4, 0.5) is 5.00 Å². The number of hydrogen-bond donors (Lipinski definition) is 2. The number of hydrogen-bond acceptors (Lipinski definition) is 5. The Labute approximate surface area is 174 Å². The fraction of sp³-hybridized carbons (Fsp3) is 0.409. The standard InChI is InChI=1S/C22H26N2O4S/c1-14-12-18(20(26)23-13-15-6-4-3-5-7-15)21(29-14)24-19(25)16-8-10-17(11-9-16)22(27)28-2/h3-7,12,16-17H,8-11,13H2,1-2H3,(H,23,26)(H,24,25). The van der Waals surface area contributed by atoms with Gasteiger partial charge in [0.25, 0.3) is 5.91 Å². The van der Waals surface area contributed by atoms with Crippen molar-refractivity contribution in [3.8, 4) is 0 Å². The van der Waals surface area contributed by atoms with Gasteiger partial charge in [0, 0.05) is 17.3 Å². The van der Waals surface area contributed by atoms with Gasteiger partial charge in [-0.15, -0.1) is 11.3 Å². The van der Waals surface area contributed by atoms with Crippen molar-refractivity contribution in [1.29, 1.82) is 0 Å². The lowest BCUT2D eigenvalue weighted by molar-refractivity contribution is -0.147. The molecule has 0 aliphatic heterocycles. The normalized spacial score (nSPS) is 18.7. The fourth-order valence-electron chi connectivity index (χ4n) is 3.62. The van der Waals surface area contributed by atoms with Crippen LogP contribution in [0.1, 0.15) is 46.5 Å². The van der Waals surface area contributed by atoms with Gasteiger partial charge in [-0.05, 0) is 44.2 Å². The van der Waals surface area contributed by atoms with Crippen molar-refractivity contribution in [2.75, 3.05) is 12.4 Å². The van der Waals surface area contributed by atoms with Crippen LogP contribution in [0.25, 0.3) is 0 Å². The third kappa shape index (κ3) is 5.44. The van der Waals surface area contributed by atoms with E-state index in [1.54, 1.807) is 6.07 Å². The second-order valence-corrected chi connectivity index (χ2v) is 8.59. The number of carbonyl (C=O) groups excluding carboxylic acids is 3. The van der Waals surface area contributed by atoms with Gasteiger partial charge in [-0.1, -0.05) is 30.3 Å². The average molecular weight is 415 g/mol. The maximum absolute atomic E-state index is 12.7. The second kappa shape index (κ2) is 9.69. The van der Waals surface area contributed by atoms with Crippen molar-refractivity contribution in [2.24, 2.45) is 11.8 Å². The van der Waals surface area contributed by atoms with E-state index in [-0.39, 0.29) is 29.6 Å². The van der Waals surface area contributed by atoms with Gasteiger partial charge in [0.05, 0.1) is 18.6 Å². The summed E-state index contributed by atoms with van der Waals surface area (Å²) in [6.45, 7) is 2.34. The zero-order valence-electron chi connectivity index (χ0n) is 16.7.